The third kappa shape index (κ3) is 1.33. The number of carboxylic acid groups (broad SMARTS) is 1. The van der Waals surface area contributed by atoms with Crippen LogP contribution in [0.5, 0.6) is 0 Å². The van der Waals surface area contributed by atoms with E-state index in [1.807, 2.05) is 0 Å². The van der Waals surface area contributed by atoms with E-state index in [9.17, 15) is 9.59 Å². The van der Waals surface area contributed by atoms with Gasteiger partial charge < -0.3 is 15.7 Å². The van der Waals surface area contributed by atoms with Gasteiger partial charge in [0.15, 0.2) is 0 Å². The van der Waals surface area contributed by atoms with Gasteiger partial charge in [-0.15, -0.1) is 11.8 Å². The van der Waals surface area contributed by atoms with Gasteiger partial charge >= 0.3 is 5.97 Å². The summed E-state index contributed by atoms with van der Waals surface area (Å²) in [6, 6.07) is 0. The molecule has 2 rings (SSSR count). The fourth-order valence-corrected chi connectivity index (χ4v) is 3.54. The van der Waals surface area contributed by atoms with Crippen LogP contribution < -0.4 is 5.73 Å². The Morgan fingerprint density at radius 2 is 2.53 bits per heavy atom. The first-order chi connectivity index (χ1) is 7.01. The summed E-state index contributed by atoms with van der Waals surface area (Å²) in [5.41, 5.74) is 4.89. The Labute approximate surface area is 98.8 Å². The van der Waals surface area contributed by atoms with Crippen molar-refractivity contribution < 1.29 is 14.7 Å². The summed E-state index contributed by atoms with van der Waals surface area (Å²) in [6.45, 7) is 0. The lowest BCUT2D eigenvalue weighted by Crippen LogP contribution is -2.79. The monoisotopic (exact) mass is 292 g/mol. The molecule has 1 fully saturated rings. The molecular formula is C8H9BrN2O3S. The number of rotatable bonds is 2. The molecule has 7 heteroatoms. The fourth-order valence-electron chi connectivity index (χ4n) is 1.61. The maximum Gasteiger partial charge on any atom is 0.336 e. The number of carbonyl (C=O) groups is 2. The first kappa shape index (κ1) is 11.0. The summed E-state index contributed by atoms with van der Waals surface area (Å²) in [7, 11) is 0. The molecule has 0 spiro atoms. The Hall–Kier alpha value is -0.530. The Morgan fingerprint density at radius 1 is 1.87 bits per heavy atom. The van der Waals surface area contributed by atoms with Crippen molar-refractivity contribution in [2.24, 2.45) is 5.73 Å². The number of fused-ring (bicyclic) bond motifs is 1. The maximum absolute atomic E-state index is 11.6. The fraction of sp³-hybridized carbons (Fsp3) is 0.500. The molecule has 1 saturated heterocycles. The molecule has 0 aliphatic carbocycles. The van der Waals surface area contributed by atoms with Crippen LogP contribution in [0.1, 0.15) is 0 Å². The van der Waals surface area contributed by atoms with Gasteiger partial charge in [-0.1, -0.05) is 15.9 Å². The molecule has 15 heavy (non-hydrogen) atoms. The molecule has 0 radical (unpaired) electrons. The molecule has 2 heterocycles. The zero-order valence-electron chi connectivity index (χ0n) is 7.64. The van der Waals surface area contributed by atoms with E-state index in [2.05, 4.69) is 15.9 Å². The molecule has 0 saturated carbocycles. The lowest BCUT2D eigenvalue weighted by molar-refractivity contribution is -0.164. The minimum absolute atomic E-state index is 0.467. The summed E-state index contributed by atoms with van der Waals surface area (Å²) < 4.78 is 0. The number of carbonyl (C=O) groups excluding carboxylic acids is 1. The summed E-state index contributed by atoms with van der Waals surface area (Å²) in [5.74, 6) is -1.09. The highest BCUT2D eigenvalue weighted by molar-refractivity contribution is 9.09. The third-order valence-corrected chi connectivity index (χ3v) is 4.68. The van der Waals surface area contributed by atoms with Crippen LogP contribution in [0, 0.1) is 0 Å². The Balaban J connectivity index is 2.26. The van der Waals surface area contributed by atoms with E-state index in [1.54, 1.807) is 6.20 Å². The average Bonchev–Trinajstić information content (AvgIpc) is 2.26. The van der Waals surface area contributed by atoms with Crippen molar-refractivity contribution in [1.29, 1.82) is 0 Å². The van der Waals surface area contributed by atoms with Crippen LogP contribution in [0.15, 0.2) is 11.8 Å². The van der Waals surface area contributed by atoms with Gasteiger partial charge in [0, 0.05) is 17.3 Å². The number of alkyl halides is 1. The maximum atomic E-state index is 11.6. The Kier molecular flexibility index (Phi) is 2.56. The number of nitrogens with zero attached hydrogens (tertiary/aromatic N) is 1. The molecule has 2 aliphatic heterocycles. The van der Waals surface area contributed by atoms with Crippen LogP contribution in [0.3, 0.4) is 0 Å². The van der Waals surface area contributed by atoms with E-state index < -0.39 is 22.8 Å². The van der Waals surface area contributed by atoms with Gasteiger partial charge in [0.25, 0.3) is 5.91 Å². The Morgan fingerprint density at radius 3 is 3.07 bits per heavy atom. The number of carboxylic acids is 1. The summed E-state index contributed by atoms with van der Waals surface area (Å²) in [4.78, 5) is 23.9. The second-order valence-electron chi connectivity index (χ2n) is 3.47. The predicted molar refractivity (Wildman–Crippen MR) is 59.5 cm³/mol. The smallest absolute Gasteiger partial charge is 0.336 e. The Bertz CT molecular complexity index is 373. The minimum atomic E-state index is -1.74. The van der Waals surface area contributed by atoms with Gasteiger partial charge in [0.2, 0.25) is 5.54 Å². The average molecular weight is 293 g/mol. The van der Waals surface area contributed by atoms with Crippen LogP contribution in [0.2, 0.25) is 0 Å². The van der Waals surface area contributed by atoms with Crippen LogP contribution >= 0.6 is 27.7 Å². The van der Waals surface area contributed by atoms with Gasteiger partial charge in [0.05, 0.1) is 0 Å². The number of amides is 1. The standard InChI is InChI=1S/C8H9BrN2O3S/c9-1-4-2-11-5(12)8(10,7(13)14)6(11)15-3-4/h2,6H,1,3,10H2,(H,13,14)/t6-,8?/m0/s1. The third-order valence-electron chi connectivity index (χ3n) is 2.50. The SMILES string of the molecule is NC1(C(=O)O)C(=O)N2C=C(CBr)CS[C@H]21. The van der Waals surface area contributed by atoms with Gasteiger partial charge in [-0.25, -0.2) is 4.79 Å². The predicted octanol–water partition coefficient (Wildman–Crippen LogP) is -0.0376. The van der Waals surface area contributed by atoms with Crippen LogP contribution in [0.4, 0.5) is 0 Å². The number of β-lactam (4-membered cyclic amide) rings is 1. The van der Waals surface area contributed by atoms with E-state index >= 15 is 0 Å². The summed E-state index contributed by atoms with van der Waals surface area (Å²) in [6.07, 6.45) is 1.69. The molecule has 3 N–H and O–H groups in total. The van der Waals surface area contributed by atoms with Gasteiger partial charge in [-0.05, 0) is 5.57 Å². The lowest BCUT2D eigenvalue weighted by Gasteiger charge is -2.51. The van der Waals surface area contributed by atoms with Crippen molar-refractivity contribution in [3.63, 3.8) is 0 Å². The number of hydrogen-bond acceptors (Lipinski definition) is 4. The van der Waals surface area contributed by atoms with Crippen molar-refractivity contribution in [2.45, 2.75) is 10.9 Å². The largest absolute Gasteiger partial charge is 0.479 e. The molecular weight excluding hydrogens is 284 g/mol. The first-order valence-corrected chi connectivity index (χ1v) is 6.41. The highest BCUT2D eigenvalue weighted by atomic mass is 79.9. The summed E-state index contributed by atoms with van der Waals surface area (Å²) in [5, 5.41) is 9.12. The van der Waals surface area contributed by atoms with Crippen molar-refractivity contribution >= 4 is 39.6 Å². The van der Waals surface area contributed by atoms with Crippen molar-refractivity contribution in [3.8, 4) is 0 Å². The first-order valence-electron chi connectivity index (χ1n) is 4.24. The van der Waals surface area contributed by atoms with E-state index in [0.29, 0.717) is 11.1 Å². The molecule has 2 aliphatic rings. The highest BCUT2D eigenvalue weighted by Gasteiger charge is 2.64. The molecule has 5 nitrogen and oxygen atoms in total. The van der Waals surface area contributed by atoms with E-state index in [4.69, 9.17) is 10.8 Å². The van der Waals surface area contributed by atoms with E-state index in [1.165, 1.54) is 16.7 Å². The second-order valence-corrected chi connectivity index (χ2v) is 5.10. The van der Waals surface area contributed by atoms with Crippen LogP contribution in [0.25, 0.3) is 0 Å². The zero-order valence-corrected chi connectivity index (χ0v) is 10.0. The van der Waals surface area contributed by atoms with Gasteiger partial charge in [-0.3, -0.25) is 4.79 Å². The number of nitrogens with two attached hydrogens (primary N) is 1. The number of hydrogen-bond donors (Lipinski definition) is 2. The summed E-state index contributed by atoms with van der Waals surface area (Å²) >= 11 is 4.68. The van der Waals surface area contributed by atoms with Crippen molar-refractivity contribution in [2.75, 3.05) is 11.1 Å². The normalized spacial score (nSPS) is 34.3. The minimum Gasteiger partial charge on any atom is -0.479 e. The highest BCUT2D eigenvalue weighted by Crippen LogP contribution is 2.41. The molecule has 82 valence electrons. The number of thioether (sulfide) groups is 1. The molecule has 0 aromatic heterocycles. The van der Waals surface area contributed by atoms with Gasteiger partial charge in [-0.2, -0.15) is 0 Å². The number of halogens is 1. The van der Waals surface area contributed by atoms with Crippen molar-refractivity contribution in [3.05, 3.63) is 11.8 Å². The second kappa shape index (κ2) is 3.50. The quantitative estimate of drug-likeness (QED) is 0.424. The zero-order chi connectivity index (χ0) is 11.2. The molecule has 2 atom stereocenters. The van der Waals surface area contributed by atoms with Crippen molar-refractivity contribution in [1.82, 2.24) is 4.90 Å². The topological polar surface area (TPSA) is 83.6 Å². The van der Waals surface area contributed by atoms with E-state index in [0.717, 1.165) is 5.57 Å². The lowest BCUT2D eigenvalue weighted by atomic mass is 9.89. The van der Waals surface area contributed by atoms with Crippen LogP contribution in [-0.2, 0) is 9.59 Å². The van der Waals surface area contributed by atoms with Crippen LogP contribution in [-0.4, -0.2) is 43.9 Å². The van der Waals surface area contributed by atoms with E-state index in [-0.39, 0.29) is 0 Å². The number of aliphatic carboxylic acids is 1. The molecule has 0 bridgehead atoms. The van der Waals surface area contributed by atoms with Gasteiger partial charge in [0.1, 0.15) is 5.37 Å². The molecule has 0 aromatic carbocycles. The molecule has 1 unspecified atom stereocenters. The molecule has 0 aromatic rings. The molecule has 1 amide bonds.